The number of carbonyl (C=O) groups excluding carboxylic acids is 2. The van der Waals surface area contributed by atoms with Crippen LogP contribution in [0.15, 0.2) is 88.4 Å². The van der Waals surface area contributed by atoms with Crippen LogP contribution in [-0.2, 0) is 22.6 Å². The third kappa shape index (κ3) is 10.0. The number of hydrogen-bond acceptors (Lipinski definition) is 6. The van der Waals surface area contributed by atoms with Gasteiger partial charge in [-0.25, -0.2) is 5.43 Å². The lowest BCUT2D eigenvalue weighted by Gasteiger charge is -2.21. The molecule has 8 nitrogen and oxygen atoms in total. The number of halogens is 5. The highest BCUT2D eigenvalue weighted by molar-refractivity contribution is 9.10. The Bertz CT molecular complexity index is 1730. The fraction of sp³-hybridized carbons (Fsp3) is 0.182. The van der Waals surface area contributed by atoms with Gasteiger partial charge in [-0.15, -0.1) is 0 Å². The van der Waals surface area contributed by atoms with E-state index in [0.29, 0.717) is 36.6 Å². The topological polar surface area (TPSA) is 98.2 Å². The van der Waals surface area contributed by atoms with Crippen LogP contribution in [0, 0.1) is 0 Å². The Morgan fingerprint density at radius 2 is 1.59 bits per heavy atom. The Hall–Kier alpha value is -3.47. The van der Waals surface area contributed by atoms with Crippen molar-refractivity contribution in [2.45, 2.75) is 32.1 Å². The SMILES string of the molecule is COc1cc(/C=N\NC(=O)[C@@H](Cc2ccccc2)NC(=O)[C@@H](C)Oc2ccc(Cl)cc2Cl)cc(Br)c1OCc1ccc(Cl)cc1Cl. The van der Waals surface area contributed by atoms with E-state index in [4.69, 9.17) is 60.6 Å². The zero-order chi connectivity index (χ0) is 33.2. The van der Waals surface area contributed by atoms with E-state index in [0.717, 1.165) is 11.1 Å². The van der Waals surface area contributed by atoms with Crippen LogP contribution >= 0.6 is 62.3 Å². The molecular formula is C33H28BrCl4N3O5. The molecule has 0 spiro atoms. The molecule has 0 aliphatic carbocycles. The van der Waals surface area contributed by atoms with Gasteiger partial charge in [-0.3, -0.25) is 9.59 Å². The zero-order valence-electron chi connectivity index (χ0n) is 24.5. The second-order valence-electron chi connectivity index (χ2n) is 9.88. The van der Waals surface area contributed by atoms with Gasteiger partial charge in [0.1, 0.15) is 18.4 Å². The average molecular weight is 768 g/mol. The number of hydrogen-bond donors (Lipinski definition) is 2. The Balaban J connectivity index is 1.44. The predicted octanol–water partition coefficient (Wildman–Crippen LogP) is 8.30. The van der Waals surface area contributed by atoms with Crippen LogP contribution in [0.2, 0.25) is 20.1 Å². The van der Waals surface area contributed by atoms with Gasteiger partial charge >= 0.3 is 0 Å². The molecule has 4 aromatic rings. The van der Waals surface area contributed by atoms with Crippen LogP contribution in [0.1, 0.15) is 23.6 Å². The van der Waals surface area contributed by atoms with Crippen LogP contribution in [-0.4, -0.2) is 37.3 Å². The molecular weight excluding hydrogens is 740 g/mol. The Labute approximate surface area is 295 Å². The molecule has 240 valence electrons. The zero-order valence-corrected chi connectivity index (χ0v) is 29.1. The standard InChI is InChI=1S/C33H28BrCl4N3O5/c1-19(46-29-11-10-24(36)16-27(29)38)32(42)40-28(13-20-6-4-3-5-7-20)33(43)41-39-17-21-12-25(34)31(30(14-21)44-2)45-18-22-8-9-23(35)15-26(22)37/h3-12,14-17,19,28H,13,18H2,1-2H3,(H,40,42)(H,41,43)/b39-17-/t19-,28-/m1/s1. The van der Waals surface area contributed by atoms with Crippen molar-refractivity contribution in [2.24, 2.45) is 5.10 Å². The van der Waals surface area contributed by atoms with Gasteiger partial charge in [0.15, 0.2) is 17.6 Å². The molecule has 0 fully saturated rings. The Morgan fingerprint density at radius 1 is 0.891 bits per heavy atom. The monoisotopic (exact) mass is 765 g/mol. The largest absolute Gasteiger partial charge is 0.493 e. The van der Waals surface area contributed by atoms with Crippen molar-refractivity contribution in [3.05, 3.63) is 120 Å². The third-order valence-electron chi connectivity index (χ3n) is 6.51. The smallest absolute Gasteiger partial charge is 0.262 e. The summed E-state index contributed by atoms with van der Waals surface area (Å²) in [5.74, 6) is 0.119. The van der Waals surface area contributed by atoms with Gasteiger partial charge in [0, 0.05) is 27.1 Å². The first-order chi connectivity index (χ1) is 22.0. The number of methoxy groups -OCH3 is 1. The van der Waals surface area contributed by atoms with Crippen LogP contribution < -0.4 is 25.0 Å². The van der Waals surface area contributed by atoms with Crippen molar-refractivity contribution in [1.29, 1.82) is 0 Å². The van der Waals surface area contributed by atoms with Gasteiger partial charge in [0.2, 0.25) is 0 Å². The number of hydrazone groups is 1. The number of benzene rings is 4. The maximum Gasteiger partial charge on any atom is 0.262 e. The second kappa shape index (κ2) is 16.9. The van der Waals surface area contributed by atoms with E-state index < -0.39 is 24.0 Å². The molecule has 0 radical (unpaired) electrons. The average Bonchev–Trinajstić information content (AvgIpc) is 3.02. The van der Waals surface area contributed by atoms with Crippen LogP contribution in [0.25, 0.3) is 0 Å². The lowest BCUT2D eigenvalue weighted by atomic mass is 10.1. The molecule has 0 bridgehead atoms. The summed E-state index contributed by atoms with van der Waals surface area (Å²) < 4.78 is 17.8. The molecule has 0 saturated heterocycles. The van der Waals surface area contributed by atoms with Gasteiger partial charge < -0.3 is 19.5 Å². The van der Waals surface area contributed by atoms with E-state index in [1.807, 2.05) is 30.3 Å². The quantitative estimate of drug-likeness (QED) is 0.105. The highest BCUT2D eigenvalue weighted by Gasteiger charge is 2.25. The number of carbonyl (C=O) groups is 2. The van der Waals surface area contributed by atoms with Crippen molar-refractivity contribution in [3.63, 3.8) is 0 Å². The molecule has 0 aliphatic rings. The molecule has 13 heteroatoms. The maximum absolute atomic E-state index is 13.3. The van der Waals surface area contributed by atoms with E-state index in [2.05, 4.69) is 31.8 Å². The summed E-state index contributed by atoms with van der Waals surface area (Å²) in [7, 11) is 1.51. The number of nitrogens with one attached hydrogen (secondary N) is 2. The van der Waals surface area contributed by atoms with E-state index in [1.165, 1.54) is 19.4 Å². The highest BCUT2D eigenvalue weighted by atomic mass is 79.9. The van der Waals surface area contributed by atoms with Gasteiger partial charge in [0.05, 0.1) is 22.8 Å². The molecule has 0 saturated carbocycles. The Morgan fingerprint density at radius 3 is 2.26 bits per heavy atom. The van der Waals surface area contributed by atoms with E-state index >= 15 is 0 Å². The van der Waals surface area contributed by atoms with Gasteiger partial charge in [-0.05, 0) is 76.4 Å². The maximum atomic E-state index is 13.3. The van der Waals surface area contributed by atoms with Gasteiger partial charge in [-0.1, -0.05) is 82.8 Å². The molecule has 0 aliphatic heterocycles. The number of nitrogens with zero attached hydrogens (tertiary/aromatic N) is 1. The normalized spacial score (nSPS) is 12.3. The predicted molar refractivity (Wildman–Crippen MR) is 186 cm³/mol. The molecule has 2 atom stereocenters. The minimum atomic E-state index is -0.963. The van der Waals surface area contributed by atoms with Crippen LogP contribution in [0.4, 0.5) is 0 Å². The first-order valence-corrected chi connectivity index (χ1v) is 16.1. The summed E-state index contributed by atoms with van der Waals surface area (Å²) in [5, 5.41) is 8.58. The fourth-order valence-electron chi connectivity index (χ4n) is 4.15. The summed E-state index contributed by atoms with van der Waals surface area (Å²) in [6, 6.07) is 21.6. The van der Waals surface area contributed by atoms with E-state index in [1.54, 1.807) is 49.4 Å². The molecule has 2 amide bonds. The first-order valence-electron chi connectivity index (χ1n) is 13.8. The lowest BCUT2D eigenvalue weighted by molar-refractivity contribution is -0.132. The van der Waals surface area contributed by atoms with Gasteiger partial charge in [0.25, 0.3) is 11.8 Å². The molecule has 0 unspecified atom stereocenters. The van der Waals surface area contributed by atoms with Crippen LogP contribution in [0.5, 0.6) is 17.2 Å². The first kappa shape index (κ1) is 35.4. The lowest BCUT2D eigenvalue weighted by Crippen LogP contribution is -2.50. The van der Waals surface area contributed by atoms with Crippen molar-refractivity contribution < 1.29 is 23.8 Å². The summed E-state index contributed by atoms with van der Waals surface area (Å²) >= 11 is 27.9. The fourth-order valence-corrected chi connectivity index (χ4v) is 5.64. The van der Waals surface area contributed by atoms with Gasteiger partial charge in [-0.2, -0.15) is 5.10 Å². The summed E-state index contributed by atoms with van der Waals surface area (Å²) in [5.41, 5.74) is 4.71. The number of ether oxygens (including phenoxy) is 3. The van der Waals surface area contributed by atoms with E-state index in [-0.39, 0.29) is 23.8 Å². The molecule has 2 N–H and O–H groups in total. The number of amides is 2. The minimum absolute atomic E-state index is 0.180. The molecule has 4 aromatic carbocycles. The van der Waals surface area contributed by atoms with Crippen molar-refractivity contribution in [2.75, 3.05) is 7.11 Å². The molecule has 0 aromatic heterocycles. The summed E-state index contributed by atoms with van der Waals surface area (Å²) in [6.07, 6.45) is 0.695. The number of rotatable bonds is 13. The second-order valence-corrected chi connectivity index (χ2v) is 12.4. The summed E-state index contributed by atoms with van der Waals surface area (Å²) in [4.78, 5) is 26.3. The summed E-state index contributed by atoms with van der Waals surface area (Å²) in [6.45, 7) is 1.73. The molecule has 4 rings (SSSR count). The van der Waals surface area contributed by atoms with E-state index in [9.17, 15) is 9.59 Å². The van der Waals surface area contributed by atoms with Crippen LogP contribution in [0.3, 0.4) is 0 Å². The third-order valence-corrected chi connectivity index (χ3v) is 8.22. The minimum Gasteiger partial charge on any atom is -0.493 e. The van der Waals surface area contributed by atoms with Crippen molar-refractivity contribution in [1.82, 2.24) is 10.7 Å². The Kier molecular flexibility index (Phi) is 13.0. The van der Waals surface area contributed by atoms with Crippen molar-refractivity contribution >= 4 is 80.4 Å². The highest BCUT2D eigenvalue weighted by Crippen LogP contribution is 2.37. The van der Waals surface area contributed by atoms with Crippen molar-refractivity contribution in [3.8, 4) is 17.2 Å². The molecule has 0 heterocycles. The molecule has 46 heavy (non-hydrogen) atoms.